The Kier molecular flexibility index (Phi) is 4.95. The van der Waals surface area contributed by atoms with Crippen molar-refractivity contribution >= 4 is 23.2 Å². The Morgan fingerprint density at radius 1 is 1.38 bits per heavy atom. The summed E-state index contributed by atoms with van der Waals surface area (Å²) in [7, 11) is 0. The van der Waals surface area contributed by atoms with E-state index < -0.39 is 0 Å². The molecule has 1 aliphatic rings. The maximum atomic E-state index is 12.4. The first kappa shape index (κ1) is 16.7. The van der Waals surface area contributed by atoms with Gasteiger partial charge in [0, 0.05) is 23.1 Å². The summed E-state index contributed by atoms with van der Waals surface area (Å²) in [5.41, 5.74) is 2.53. The van der Waals surface area contributed by atoms with Gasteiger partial charge in [0.25, 0.3) is 0 Å². The van der Waals surface area contributed by atoms with Crippen molar-refractivity contribution in [3.63, 3.8) is 0 Å². The van der Waals surface area contributed by atoms with Crippen LogP contribution in [-0.2, 0) is 17.6 Å². The molecule has 1 unspecified atom stereocenters. The number of fused-ring (bicyclic) bond motifs is 1. The molecule has 0 saturated carbocycles. The van der Waals surface area contributed by atoms with Gasteiger partial charge in [0.1, 0.15) is 17.6 Å². The highest BCUT2D eigenvalue weighted by atomic mass is 35.5. The zero-order valence-electron chi connectivity index (χ0n) is 13.8. The van der Waals surface area contributed by atoms with Gasteiger partial charge < -0.3 is 14.8 Å². The molecule has 126 valence electrons. The molecule has 1 heterocycles. The van der Waals surface area contributed by atoms with E-state index in [1.807, 2.05) is 44.2 Å². The third-order valence-electron chi connectivity index (χ3n) is 3.88. The lowest BCUT2D eigenvalue weighted by atomic mass is 10.1. The highest BCUT2D eigenvalue weighted by molar-refractivity contribution is 6.31. The molecular weight excluding hydrogens is 326 g/mol. The molecule has 0 saturated heterocycles. The normalized spacial score (nSPS) is 15.5. The second kappa shape index (κ2) is 7.14. The minimum atomic E-state index is -0.143. The molecule has 2 aromatic rings. The maximum Gasteiger partial charge on any atom is 0.228 e. The molecule has 0 bridgehead atoms. The van der Waals surface area contributed by atoms with Crippen LogP contribution >= 0.6 is 11.6 Å². The molecular formula is C19H20ClNO3. The predicted molar refractivity (Wildman–Crippen MR) is 95.2 cm³/mol. The summed E-state index contributed by atoms with van der Waals surface area (Å²) in [6.45, 7) is 4.47. The van der Waals surface area contributed by atoms with Gasteiger partial charge in [-0.2, -0.15) is 0 Å². The molecule has 24 heavy (non-hydrogen) atoms. The Balaban J connectivity index is 1.80. The van der Waals surface area contributed by atoms with Crippen LogP contribution in [0.4, 0.5) is 5.69 Å². The van der Waals surface area contributed by atoms with E-state index in [-0.39, 0.29) is 18.4 Å². The molecule has 1 aliphatic heterocycles. The van der Waals surface area contributed by atoms with Crippen molar-refractivity contribution in [2.45, 2.75) is 32.8 Å². The van der Waals surface area contributed by atoms with E-state index in [9.17, 15) is 4.79 Å². The fourth-order valence-electron chi connectivity index (χ4n) is 2.82. The average Bonchev–Trinajstić information content (AvgIpc) is 2.89. The number of hydrogen-bond acceptors (Lipinski definition) is 3. The van der Waals surface area contributed by atoms with Crippen molar-refractivity contribution in [2.24, 2.45) is 0 Å². The largest absolute Gasteiger partial charge is 0.492 e. The molecule has 1 N–H and O–H groups in total. The van der Waals surface area contributed by atoms with Gasteiger partial charge in [-0.1, -0.05) is 29.8 Å². The molecule has 0 spiro atoms. The lowest BCUT2D eigenvalue weighted by molar-refractivity contribution is -0.115. The van der Waals surface area contributed by atoms with Crippen molar-refractivity contribution in [1.82, 2.24) is 0 Å². The van der Waals surface area contributed by atoms with E-state index in [4.69, 9.17) is 21.1 Å². The number of nitrogens with one attached hydrogen (secondary N) is 1. The molecule has 0 aromatic heterocycles. The van der Waals surface area contributed by atoms with E-state index in [0.29, 0.717) is 23.1 Å². The Bertz CT molecular complexity index is 760. The number of halogens is 1. The number of hydrogen-bond donors (Lipinski definition) is 1. The second-order valence-electron chi connectivity index (χ2n) is 5.84. The Morgan fingerprint density at radius 3 is 2.92 bits per heavy atom. The lowest BCUT2D eigenvalue weighted by Crippen LogP contribution is -2.15. The highest BCUT2D eigenvalue weighted by Crippen LogP contribution is 2.38. The smallest absolute Gasteiger partial charge is 0.228 e. The highest BCUT2D eigenvalue weighted by Gasteiger charge is 2.22. The van der Waals surface area contributed by atoms with Gasteiger partial charge in [-0.15, -0.1) is 0 Å². The lowest BCUT2D eigenvalue weighted by Gasteiger charge is -2.14. The fraction of sp³-hybridized carbons (Fsp3) is 0.316. The van der Waals surface area contributed by atoms with Gasteiger partial charge >= 0.3 is 0 Å². The number of ether oxygens (including phenoxy) is 2. The van der Waals surface area contributed by atoms with Crippen LogP contribution in [0.15, 0.2) is 36.4 Å². The van der Waals surface area contributed by atoms with Crippen molar-refractivity contribution in [2.75, 3.05) is 11.9 Å². The van der Waals surface area contributed by atoms with Crippen LogP contribution in [0.5, 0.6) is 11.5 Å². The topological polar surface area (TPSA) is 47.6 Å². The summed E-state index contributed by atoms with van der Waals surface area (Å²) in [5.74, 6) is 1.33. The van der Waals surface area contributed by atoms with Crippen LogP contribution in [0.1, 0.15) is 25.0 Å². The van der Waals surface area contributed by atoms with Crippen molar-refractivity contribution < 1.29 is 14.3 Å². The summed E-state index contributed by atoms with van der Waals surface area (Å²) in [6.07, 6.45) is 1.20. The SMILES string of the molecule is CCOc1cc2c(cc1NC(=O)Cc1ccccc1Cl)OC(C)C2. The number of rotatable bonds is 5. The molecule has 1 atom stereocenters. The summed E-state index contributed by atoms with van der Waals surface area (Å²) in [4.78, 5) is 12.4. The third-order valence-corrected chi connectivity index (χ3v) is 4.25. The first-order valence-electron chi connectivity index (χ1n) is 8.06. The van der Waals surface area contributed by atoms with Crippen LogP contribution in [0.2, 0.25) is 5.02 Å². The molecule has 1 amide bonds. The maximum absolute atomic E-state index is 12.4. The van der Waals surface area contributed by atoms with Crippen LogP contribution in [-0.4, -0.2) is 18.6 Å². The van der Waals surface area contributed by atoms with E-state index >= 15 is 0 Å². The van der Waals surface area contributed by atoms with Crippen molar-refractivity contribution in [1.29, 1.82) is 0 Å². The van der Waals surface area contributed by atoms with Crippen LogP contribution in [0, 0.1) is 0 Å². The third kappa shape index (κ3) is 3.65. The molecule has 3 rings (SSSR count). The van der Waals surface area contributed by atoms with Crippen LogP contribution < -0.4 is 14.8 Å². The number of carbonyl (C=O) groups is 1. The number of amides is 1. The Hall–Kier alpha value is -2.20. The molecule has 0 fully saturated rings. The van der Waals surface area contributed by atoms with Gasteiger partial charge in [0.15, 0.2) is 0 Å². The minimum absolute atomic E-state index is 0.142. The van der Waals surface area contributed by atoms with E-state index in [1.165, 1.54) is 0 Å². The van der Waals surface area contributed by atoms with Crippen LogP contribution in [0.25, 0.3) is 0 Å². The van der Waals surface area contributed by atoms with Gasteiger partial charge in [-0.05, 0) is 31.5 Å². The second-order valence-corrected chi connectivity index (χ2v) is 6.25. The van der Waals surface area contributed by atoms with Gasteiger partial charge in [-0.25, -0.2) is 0 Å². The first-order chi connectivity index (χ1) is 11.6. The van der Waals surface area contributed by atoms with E-state index in [2.05, 4.69) is 5.32 Å². The average molecular weight is 346 g/mol. The monoisotopic (exact) mass is 345 g/mol. The molecule has 4 nitrogen and oxygen atoms in total. The zero-order valence-corrected chi connectivity index (χ0v) is 14.5. The first-order valence-corrected chi connectivity index (χ1v) is 8.44. The fourth-order valence-corrected chi connectivity index (χ4v) is 3.02. The summed E-state index contributed by atoms with van der Waals surface area (Å²) in [6, 6.07) is 11.1. The summed E-state index contributed by atoms with van der Waals surface area (Å²) < 4.78 is 11.4. The zero-order chi connectivity index (χ0) is 17.1. The van der Waals surface area contributed by atoms with E-state index in [0.717, 1.165) is 23.3 Å². The molecule has 5 heteroatoms. The van der Waals surface area contributed by atoms with Crippen molar-refractivity contribution in [3.8, 4) is 11.5 Å². The molecule has 0 aliphatic carbocycles. The van der Waals surface area contributed by atoms with Crippen LogP contribution in [0.3, 0.4) is 0 Å². The Morgan fingerprint density at radius 2 is 2.17 bits per heavy atom. The van der Waals surface area contributed by atoms with Gasteiger partial charge in [-0.3, -0.25) is 4.79 Å². The van der Waals surface area contributed by atoms with E-state index in [1.54, 1.807) is 6.07 Å². The molecule has 0 radical (unpaired) electrons. The number of anilines is 1. The Labute approximate surface area is 146 Å². The quantitative estimate of drug-likeness (QED) is 0.881. The predicted octanol–water partition coefficient (Wildman–Crippen LogP) is 4.24. The summed E-state index contributed by atoms with van der Waals surface area (Å²) >= 11 is 6.12. The van der Waals surface area contributed by atoms with Crippen molar-refractivity contribution in [3.05, 3.63) is 52.5 Å². The minimum Gasteiger partial charge on any atom is -0.492 e. The number of benzene rings is 2. The van der Waals surface area contributed by atoms with Gasteiger partial charge in [0.05, 0.1) is 18.7 Å². The summed E-state index contributed by atoms with van der Waals surface area (Å²) in [5, 5.41) is 3.50. The number of carbonyl (C=O) groups excluding carboxylic acids is 1. The van der Waals surface area contributed by atoms with Gasteiger partial charge in [0.2, 0.25) is 5.91 Å². The molecule has 2 aromatic carbocycles. The standard InChI is InChI=1S/C19H20ClNO3/c1-3-23-18-9-14-8-12(2)24-17(14)11-16(18)21-19(22)10-13-6-4-5-7-15(13)20/h4-7,9,11-12H,3,8,10H2,1-2H3,(H,21,22).